The maximum Gasteiger partial charge on any atom is 0.407 e. The Hall–Kier alpha value is -0.770. The molecule has 94 valence electrons. The number of likely N-dealkylation sites (tertiary alicyclic amines) is 1. The minimum atomic E-state index is -0.315. The second-order valence-corrected chi connectivity index (χ2v) is 5.41. The highest BCUT2D eigenvalue weighted by Gasteiger charge is 2.15. The van der Waals surface area contributed by atoms with Crippen molar-refractivity contribution in [3.05, 3.63) is 0 Å². The van der Waals surface area contributed by atoms with Crippen molar-refractivity contribution in [1.29, 1.82) is 0 Å². The standard InChI is InChI=1S/C12H24N2O2/c1-12(2,3)13-11(15)16-10-9-14-7-5-4-6-8-14/h4-10H2,1-3H3,(H,13,15). The first-order valence-electron chi connectivity index (χ1n) is 6.15. The Kier molecular flexibility index (Phi) is 5.06. The third-order valence-electron chi connectivity index (χ3n) is 2.57. The number of hydrogen-bond donors (Lipinski definition) is 1. The summed E-state index contributed by atoms with van der Waals surface area (Å²) in [6.07, 6.45) is 3.56. The second kappa shape index (κ2) is 6.09. The minimum Gasteiger partial charge on any atom is -0.448 e. The molecule has 1 aliphatic heterocycles. The number of amides is 1. The molecule has 0 radical (unpaired) electrons. The Morgan fingerprint density at radius 1 is 1.25 bits per heavy atom. The van der Waals surface area contributed by atoms with Gasteiger partial charge in [-0.1, -0.05) is 6.42 Å². The van der Waals surface area contributed by atoms with Crippen molar-refractivity contribution in [3.63, 3.8) is 0 Å². The Labute approximate surface area is 98.3 Å². The first-order valence-corrected chi connectivity index (χ1v) is 6.15. The number of rotatable bonds is 3. The number of piperidine rings is 1. The molecule has 0 unspecified atom stereocenters. The van der Waals surface area contributed by atoms with Gasteiger partial charge in [-0.15, -0.1) is 0 Å². The van der Waals surface area contributed by atoms with Crippen LogP contribution in [0.5, 0.6) is 0 Å². The Bertz CT molecular complexity index is 218. The van der Waals surface area contributed by atoms with Crippen LogP contribution in [-0.4, -0.2) is 42.8 Å². The van der Waals surface area contributed by atoms with Crippen LogP contribution in [-0.2, 0) is 4.74 Å². The van der Waals surface area contributed by atoms with Crippen molar-refractivity contribution in [2.45, 2.75) is 45.6 Å². The maximum absolute atomic E-state index is 11.3. The van der Waals surface area contributed by atoms with Crippen LogP contribution >= 0.6 is 0 Å². The van der Waals surface area contributed by atoms with E-state index in [0.29, 0.717) is 6.61 Å². The third-order valence-corrected chi connectivity index (χ3v) is 2.57. The average molecular weight is 228 g/mol. The molecule has 0 saturated carbocycles. The van der Waals surface area contributed by atoms with E-state index >= 15 is 0 Å². The molecule has 1 heterocycles. The molecule has 0 spiro atoms. The van der Waals surface area contributed by atoms with Crippen LogP contribution in [0.3, 0.4) is 0 Å². The van der Waals surface area contributed by atoms with E-state index in [1.54, 1.807) is 0 Å². The predicted octanol–water partition coefficient (Wildman–Crippen LogP) is 2.00. The highest BCUT2D eigenvalue weighted by molar-refractivity contribution is 5.68. The van der Waals surface area contributed by atoms with Crippen LogP contribution in [0.15, 0.2) is 0 Å². The zero-order valence-electron chi connectivity index (χ0n) is 10.7. The van der Waals surface area contributed by atoms with Gasteiger partial charge in [0.2, 0.25) is 0 Å². The summed E-state index contributed by atoms with van der Waals surface area (Å²) in [4.78, 5) is 13.7. The lowest BCUT2D eigenvalue weighted by molar-refractivity contribution is 0.114. The molecule has 1 saturated heterocycles. The van der Waals surface area contributed by atoms with E-state index in [-0.39, 0.29) is 11.6 Å². The molecule has 1 rings (SSSR count). The van der Waals surface area contributed by atoms with Gasteiger partial charge in [0.05, 0.1) is 0 Å². The van der Waals surface area contributed by atoms with E-state index in [1.807, 2.05) is 20.8 Å². The molecule has 0 atom stereocenters. The van der Waals surface area contributed by atoms with Gasteiger partial charge >= 0.3 is 6.09 Å². The molecule has 1 amide bonds. The van der Waals surface area contributed by atoms with E-state index in [4.69, 9.17) is 4.74 Å². The molecule has 0 aliphatic carbocycles. The molecule has 0 aromatic rings. The number of nitrogens with one attached hydrogen (secondary N) is 1. The normalized spacial score (nSPS) is 18.2. The molecule has 1 N–H and O–H groups in total. The molecule has 1 fully saturated rings. The summed E-state index contributed by atoms with van der Waals surface area (Å²) in [6.45, 7) is 9.46. The van der Waals surface area contributed by atoms with Crippen LogP contribution in [0.4, 0.5) is 4.79 Å². The van der Waals surface area contributed by atoms with Crippen molar-refractivity contribution in [1.82, 2.24) is 10.2 Å². The number of ether oxygens (including phenoxy) is 1. The topological polar surface area (TPSA) is 41.6 Å². The van der Waals surface area contributed by atoms with Gasteiger partial charge in [-0.2, -0.15) is 0 Å². The molecule has 0 aromatic carbocycles. The fraction of sp³-hybridized carbons (Fsp3) is 0.917. The first-order chi connectivity index (χ1) is 7.47. The van der Waals surface area contributed by atoms with Crippen molar-refractivity contribution in [2.75, 3.05) is 26.2 Å². The summed E-state index contributed by atoms with van der Waals surface area (Å²) >= 11 is 0. The van der Waals surface area contributed by atoms with E-state index in [9.17, 15) is 4.79 Å². The zero-order valence-corrected chi connectivity index (χ0v) is 10.7. The van der Waals surface area contributed by atoms with E-state index in [2.05, 4.69) is 10.2 Å². The van der Waals surface area contributed by atoms with Crippen molar-refractivity contribution >= 4 is 6.09 Å². The van der Waals surface area contributed by atoms with E-state index in [1.165, 1.54) is 19.3 Å². The fourth-order valence-electron chi connectivity index (χ4n) is 1.79. The summed E-state index contributed by atoms with van der Waals surface area (Å²) < 4.78 is 5.13. The highest BCUT2D eigenvalue weighted by Crippen LogP contribution is 2.07. The average Bonchev–Trinajstić information content (AvgIpc) is 2.16. The van der Waals surface area contributed by atoms with Crippen LogP contribution in [0.25, 0.3) is 0 Å². The van der Waals surface area contributed by atoms with Crippen molar-refractivity contribution in [3.8, 4) is 0 Å². The molecule has 4 heteroatoms. The minimum absolute atomic E-state index is 0.220. The van der Waals surface area contributed by atoms with Gasteiger partial charge in [-0.05, 0) is 46.7 Å². The lowest BCUT2D eigenvalue weighted by atomic mass is 10.1. The first kappa shape index (κ1) is 13.3. The largest absolute Gasteiger partial charge is 0.448 e. The van der Waals surface area contributed by atoms with Crippen molar-refractivity contribution in [2.24, 2.45) is 0 Å². The molecule has 16 heavy (non-hydrogen) atoms. The number of carbonyl (C=O) groups is 1. The van der Waals surface area contributed by atoms with Crippen LogP contribution in [0.2, 0.25) is 0 Å². The smallest absolute Gasteiger partial charge is 0.407 e. The lowest BCUT2D eigenvalue weighted by Gasteiger charge is -2.26. The molecular weight excluding hydrogens is 204 g/mol. The Balaban J connectivity index is 2.08. The predicted molar refractivity (Wildman–Crippen MR) is 64.5 cm³/mol. The summed E-state index contributed by atoms with van der Waals surface area (Å²) in [6, 6.07) is 0. The molecule has 0 bridgehead atoms. The van der Waals surface area contributed by atoms with Crippen LogP contribution in [0.1, 0.15) is 40.0 Å². The van der Waals surface area contributed by atoms with Gasteiger partial charge in [0.25, 0.3) is 0 Å². The van der Waals surface area contributed by atoms with Gasteiger partial charge in [0.1, 0.15) is 6.61 Å². The summed E-state index contributed by atoms with van der Waals surface area (Å²) in [7, 11) is 0. The fourth-order valence-corrected chi connectivity index (χ4v) is 1.79. The van der Waals surface area contributed by atoms with Crippen LogP contribution < -0.4 is 5.32 Å². The van der Waals surface area contributed by atoms with Gasteiger partial charge in [-0.3, -0.25) is 4.90 Å². The molecule has 0 aromatic heterocycles. The summed E-state index contributed by atoms with van der Waals surface area (Å²) in [5.41, 5.74) is -0.220. The summed E-state index contributed by atoms with van der Waals surface area (Å²) in [5.74, 6) is 0. The molecular formula is C12H24N2O2. The van der Waals surface area contributed by atoms with Crippen LogP contribution in [0, 0.1) is 0 Å². The number of carbonyl (C=O) groups excluding carboxylic acids is 1. The lowest BCUT2D eigenvalue weighted by Crippen LogP contribution is -2.42. The van der Waals surface area contributed by atoms with E-state index in [0.717, 1.165) is 19.6 Å². The SMILES string of the molecule is CC(C)(C)NC(=O)OCCN1CCCCC1. The van der Waals surface area contributed by atoms with Gasteiger partial charge < -0.3 is 10.1 Å². The number of hydrogen-bond acceptors (Lipinski definition) is 3. The number of nitrogens with zero attached hydrogens (tertiary/aromatic N) is 1. The maximum atomic E-state index is 11.3. The van der Waals surface area contributed by atoms with E-state index < -0.39 is 0 Å². The Morgan fingerprint density at radius 3 is 2.44 bits per heavy atom. The third kappa shape index (κ3) is 5.95. The van der Waals surface area contributed by atoms with Gasteiger partial charge in [-0.25, -0.2) is 4.79 Å². The molecule has 1 aliphatic rings. The van der Waals surface area contributed by atoms with Crippen molar-refractivity contribution < 1.29 is 9.53 Å². The highest BCUT2D eigenvalue weighted by atomic mass is 16.5. The molecule has 4 nitrogen and oxygen atoms in total. The Morgan fingerprint density at radius 2 is 1.88 bits per heavy atom. The quantitative estimate of drug-likeness (QED) is 0.803. The second-order valence-electron chi connectivity index (χ2n) is 5.41. The van der Waals surface area contributed by atoms with Gasteiger partial charge in [0, 0.05) is 12.1 Å². The van der Waals surface area contributed by atoms with Gasteiger partial charge in [0.15, 0.2) is 0 Å². The monoisotopic (exact) mass is 228 g/mol. The summed E-state index contributed by atoms with van der Waals surface area (Å²) in [5, 5.41) is 2.78. The zero-order chi connectivity index (χ0) is 12.0. The number of alkyl carbamates (subject to hydrolysis) is 1.